The molecule has 1 aromatic heterocycles. The molecule has 1 fully saturated rings. The predicted octanol–water partition coefficient (Wildman–Crippen LogP) is 4.00. The van der Waals surface area contributed by atoms with Crippen LogP contribution >= 0.6 is 11.3 Å². The van der Waals surface area contributed by atoms with Crippen molar-refractivity contribution in [3.63, 3.8) is 0 Å². The number of rotatable bonds is 5. The number of aryl methyl sites for hydroxylation is 2. The summed E-state index contributed by atoms with van der Waals surface area (Å²) in [5, 5.41) is 3.06. The molecule has 1 amide bonds. The highest BCUT2D eigenvalue weighted by Crippen LogP contribution is 2.29. The van der Waals surface area contributed by atoms with Crippen molar-refractivity contribution in [1.29, 1.82) is 0 Å². The van der Waals surface area contributed by atoms with Gasteiger partial charge in [0, 0.05) is 42.3 Å². The van der Waals surface area contributed by atoms with Gasteiger partial charge in [-0.1, -0.05) is 6.92 Å². The molecule has 2 heterocycles. The second kappa shape index (κ2) is 8.40. The van der Waals surface area contributed by atoms with Crippen LogP contribution in [0.4, 0.5) is 10.1 Å². The first-order chi connectivity index (χ1) is 12.9. The topological polar surface area (TPSA) is 35.6 Å². The zero-order valence-corrected chi connectivity index (χ0v) is 17.3. The Balaban J connectivity index is 1.80. The van der Waals surface area contributed by atoms with Crippen LogP contribution in [0.5, 0.6) is 0 Å². The molecule has 1 N–H and O–H groups in total. The summed E-state index contributed by atoms with van der Waals surface area (Å²) in [5.41, 5.74) is 3.00. The summed E-state index contributed by atoms with van der Waals surface area (Å²) in [7, 11) is 2.11. The van der Waals surface area contributed by atoms with E-state index < -0.39 is 0 Å². The van der Waals surface area contributed by atoms with Gasteiger partial charge in [0.15, 0.2) is 0 Å². The van der Waals surface area contributed by atoms with E-state index in [2.05, 4.69) is 29.1 Å². The molecular weight excluding hydrogens is 361 g/mol. The summed E-state index contributed by atoms with van der Waals surface area (Å²) in [5.74, 6) is -0.367. The van der Waals surface area contributed by atoms with Crippen LogP contribution in [0.25, 0.3) is 0 Å². The second-order valence-corrected chi connectivity index (χ2v) is 8.40. The minimum atomic E-state index is -0.274. The van der Waals surface area contributed by atoms with Crippen molar-refractivity contribution in [3.8, 4) is 0 Å². The quantitative estimate of drug-likeness (QED) is 0.840. The predicted molar refractivity (Wildman–Crippen MR) is 110 cm³/mol. The molecule has 0 spiro atoms. The van der Waals surface area contributed by atoms with Gasteiger partial charge < -0.3 is 15.1 Å². The third-order valence-electron chi connectivity index (χ3n) is 5.21. The van der Waals surface area contributed by atoms with Gasteiger partial charge in [-0.2, -0.15) is 0 Å². The maximum absolute atomic E-state index is 14.0. The van der Waals surface area contributed by atoms with E-state index in [9.17, 15) is 9.18 Å². The molecule has 0 aliphatic carbocycles. The van der Waals surface area contributed by atoms with E-state index in [0.29, 0.717) is 4.88 Å². The van der Waals surface area contributed by atoms with Crippen molar-refractivity contribution < 1.29 is 9.18 Å². The maximum Gasteiger partial charge on any atom is 0.261 e. The third-order valence-corrected chi connectivity index (χ3v) is 6.59. The Hall–Kier alpha value is -1.92. The van der Waals surface area contributed by atoms with Crippen LogP contribution in [0.1, 0.15) is 45.6 Å². The Bertz CT molecular complexity index is 812. The molecule has 0 bridgehead atoms. The molecule has 2 aromatic rings. The van der Waals surface area contributed by atoms with Crippen molar-refractivity contribution in [3.05, 3.63) is 51.0 Å². The molecule has 0 radical (unpaired) electrons. The van der Waals surface area contributed by atoms with Crippen LogP contribution in [0.2, 0.25) is 0 Å². The fraction of sp³-hybridized carbons (Fsp3) is 0.476. The summed E-state index contributed by atoms with van der Waals surface area (Å²) in [4.78, 5) is 19.2. The zero-order chi connectivity index (χ0) is 19.6. The van der Waals surface area contributed by atoms with E-state index in [1.54, 1.807) is 6.07 Å². The molecule has 1 unspecified atom stereocenters. The highest BCUT2D eigenvalue weighted by molar-refractivity contribution is 7.14. The minimum Gasteiger partial charge on any atom is -0.369 e. The normalized spacial score (nSPS) is 16.4. The molecular formula is C21H28FN3OS. The average Bonchev–Trinajstić information content (AvgIpc) is 3.03. The maximum atomic E-state index is 14.0. The molecule has 6 heteroatoms. The van der Waals surface area contributed by atoms with Crippen LogP contribution in [0, 0.1) is 12.7 Å². The molecule has 27 heavy (non-hydrogen) atoms. The van der Waals surface area contributed by atoms with Gasteiger partial charge in [0.1, 0.15) is 5.82 Å². The average molecular weight is 390 g/mol. The van der Waals surface area contributed by atoms with Crippen molar-refractivity contribution in [2.75, 3.05) is 38.1 Å². The highest BCUT2D eigenvalue weighted by Gasteiger charge is 2.22. The summed E-state index contributed by atoms with van der Waals surface area (Å²) in [6.45, 7) is 9.82. The molecule has 1 atom stereocenters. The molecule has 0 saturated carbocycles. The summed E-state index contributed by atoms with van der Waals surface area (Å²) in [6.07, 6.45) is 0.927. The van der Waals surface area contributed by atoms with Gasteiger partial charge in [-0.05, 0) is 57.1 Å². The molecule has 3 rings (SSSR count). The van der Waals surface area contributed by atoms with Crippen LogP contribution < -0.4 is 10.2 Å². The van der Waals surface area contributed by atoms with Crippen molar-refractivity contribution in [1.82, 2.24) is 10.2 Å². The van der Waals surface area contributed by atoms with Crippen molar-refractivity contribution in [2.45, 2.75) is 33.2 Å². The van der Waals surface area contributed by atoms with E-state index in [-0.39, 0.29) is 17.8 Å². The first-order valence-electron chi connectivity index (χ1n) is 9.52. The largest absolute Gasteiger partial charge is 0.369 e. The number of likely N-dealkylation sites (N-methyl/N-ethyl adjacent to an activating group) is 1. The number of anilines is 1. The van der Waals surface area contributed by atoms with Gasteiger partial charge in [-0.3, -0.25) is 4.79 Å². The fourth-order valence-electron chi connectivity index (χ4n) is 3.54. The summed E-state index contributed by atoms with van der Waals surface area (Å²) >= 11 is 1.54. The van der Waals surface area contributed by atoms with Crippen molar-refractivity contribution in [2.24, 2.45) is 0 Å². The molecule has 1 aliphatic heterocycles. The number of nitrogens with one attached hydrogen (secondary N) is 1. The van der Waals surface area contributed by atoms with E-state index in [0.717, 1.165) is 49.4 Å². The zero-order valence-electron chi connectivity index (χ0n) is 16.5. The first-order valence-corrected chi connectivity index (χ1v) is 10.3. The number of hydrogen-bond acceptors (Lipinski definition) is 4. The van der Waals surface area contributed by atoms with Gasteiger partial charge in [0.25, 0.3) is 5.91 Å². The van der Waals surface area contributed by atoms with Gasteiger partial charge in [0.05, 0.1) is 10.9 Å². The summed E-state index contributed by atoms with van der Waals surface area (Å²) in [6, 6.07) is 6.56. The Labute approximate surface area is 165 Å². The van der Waals surface area contributed by atoms with Crippen LogP contribution in [0.3, 0.4) is 0 Å². The minimum absolute atomic E-state index is 0.0936. The fourth-order valence-corrected chi connectivity index (χ4v) is 4.55. The smallest absolute Gasteiger partial charge is 0.261 e. The number of carbonyl (C=O) groups is 1. The number of amides is 1. The standard InChI is InChI=1S/C21H28FN3OS/c1-5-19-14(2)12-20(27-19)21(26)23-15(3)17-13-16(22)6-7-18(17)25-10-8-24(4)9-11-25/h6-7,12-13,15H,5,8-11H2,1-4H3,(H,23,26). The van der Waals surface area contributed by atoms with Gasteiger partial charge >= 0.3 is 0 Å². The number of halogens is 1. The number of carbonyl (C=O) groups excluding carboxylic acids is 1. The van der Waals surface area contributed by atoms with E-state index in [1.165, 1.54) is 22.3 Å². The van der Waals surface area contributed by atoms with E-state index >= 15 is 0 Å². The molecule has 1 aromatic carbocycles. The highest BCUT2D eigenvalue weighted by atomic mass is 32.1. The number of hydrogen-bond donors (Lipinski definition) is 1. The Morgan fingerprint density at radius 3 is 2.59 bits per heavy atom. The number of piperazine rings is 1. The lowest BCUT2D eigenvalue weighted by molar-refractivity contribution is 0.0944. The lowest BCUT2D eigenvalue weighted by Crippen LogP contribution is -2.45. The SMILES string of the molecule is CCc1sc(C(=O)NC(C)c2cc(F)ccc2N2CCN(C)CC2)cc1C. The Morgan fingerprint density at radius 2 is 1.96 bits per heavy atom. The number of benzene rings is 1. The first kappa shape index (κ1) is 19.8. The van der Waals surface area contributed by atoms with Crippen LogP contribution in [-0.2, 0) is 6.42 Å². The lowest BCUT2D eigenvalue weighted by atomic mass is 10.0. The van der Waals surface area contributed by atoms with E-state index in [4.69, 9.17) is 0 Å². The van der Waals surface area contributed by atoms with Gasteiger partial charge in [0.2, 0.25) is 0 Å². The molecule has 1 saturated heterocycles. The van der Waals surface area contributed by atoms with Crippen LogP contribution in [-0.4, -0.2) is 44.0 Å². The molecule has 146 valence electrons. The van der Waals surface area contributed by atoms with Crippen molar-refractivity contribution >= 4 is 22.9 Å². The summed E-state index contributed by atoms with van der Waals surface area (Å²) < 4.78 is 14.0. The monoisotopic (exact) mass is 389 g/mol. The van der Waals surface area contributed by atoms with Crippen LogP contribution in [0.15, 0.2) is 24.3 Å². The lowest BCUT2D eigenvalue weighted by Gasteiger charge is -2.36. The van der Waals surface area contributed by atoms with Gasteiger partial charge in [-0.15, -0.1) is 11.3 Å². The molecule has 4 nitrogen and oxygen atoms in total. The Kier molecular flexibility index (Phi) is 6.17. The number of thiophene rings is 1. The Morgan fingerprint density at radius 1 is 1.26 bits per heavy atom. The third kappa shape index (κ3) is 4.50. The number of nitrogens with zero attached hydrogens (tertiary/aromatic N) is 2. The molecule has 1 aliphatic rings. The van der Waals surface area contributed by atoms with E-state index in [1.807, 2.05) is 26.0 Å². The van der Waals surface area contributed by atoms with Gasteiger partial charge in [-0.25, -0.2) is 4.39 Å². The second-order valence-electron chi connectivity index (χ2n) is 7.26.